The smallest absolute Gasteiger partial charge is 0.167 e. The van der Waals surface area contributed by atoms with Crippen molar-refractivity contribution in [1.82, 2.24) is 15.1 Å². The van der Waals surface area contributed by atoms with Gasteiger partial charge in [0.2, 0.25) is 0 Å². The van der Waals surface area contributed by atoms with Crippen LogP contribution in [0.15, 0.2) is 9.00 Å². The van der Waals surface area contributed by atoms with Crippen LogP contribution in [0.2, 0.25) is 0 Å². The van der Waals surface area contributed by atoms with Gasteiger partial charge in [-0.25, -0.2) is 9.97 Å². The molecule has 2 heterocycles. The SMILES string of the molecule is CCc1nc(-c2c(C)noc2C)nc(N)c1Br. The molecule has 2 N–H and O–H groups in total. The third-order valence-electron chi connectivity index (χ3n) is 2.54. The van der Waals surface area contributed by atoms with Crippen LogP contribution in [-0.4, -0.2) is 15.1 Å². The van der Waals surface area contributed by atoms with Gasteiger partial charge in [0.15, 0.2) is 5.82 Å². The molecule has 0 aliphatic rings. The van der Waals surface area contributed by atoms with Gasteiger partial charge in [0, 0.05) is 0 Å². The Kier molecular flexibility index (Phi) is 3.15. The van der Waals surface area contributed by atoms with E-state index >= 15 is 0 Å². The number of nitrogen functional groups attached to an aromatic ring is 1. The predicted octanol–water partition coefficient (Wildman–Crippen LogP) is 2.66. The summed E-state index contributed by atoms with van der Waals surface area (Å²) in [6.45, 7) is 5.71. The molecule has 5 nitrogen and oxygen atoms in total. The van der Waals surface area contributed by atoms with Crippen LogP contribution in [0.5, 0.6) is 0 Å². The molecule has 6 heteroatoms. The Bertz CT molecular complexity index is 545. The van der Waals surface area contributed by atoms with Crippen molar-refractivity contribution in [2.75, 3.05) is 5.73 Å². The van der Waals surface area contributed by atoms with Crippen molar-refractivity contribution in [3.8, 4) is 11.4 Å². The van der Waals surface area contributed by atoms with E-state index in [-0.39, 0.29) is 0 Å². The molecule has 0 fully saturated rings. The summed E-state index contributed by atoms with van der Waals surface area (Å²) >= 11 is 3.39. The highest BCUT2D eigenvalue weighted by molar-refractivity contribution is 9.10. The van der Waals surface area contributed by atoms with E-state index in [0.29, 0.717) is 17.4 Å². The van der Waals surface area contributed by atoms with Crippen LogP contribution < -0.4 is 5.73 Å². The topological polar surface area (TPSA) is 77.8 Å². The maximum absolute atomic E-state index is 5.85. The zero-order valence-electron chi connectivity index (χ0n) is 9.91. The number of nitrogens with zero attached hydrogens (tertiary/aromatic N) is 3. The molecule has 0 atom stereocenters. The number of aryl methyl sites for hydroxylation is 3. The van der Waals surface area contributed by atoms with Gasteiger partial charge in [0.05, 0.1) is 21.4 Å². The fourth-order valence-electron chi connectivity index (χ4n) is 1.66. The zero-order chi connectivity index (χ0) is 12.6. The van der Waals surface area contributed by atoms with Gasteiger partial charge in [-0.3, -0.25) is 0 Å². The maximum atomic E-state index is 5.85. The van der Waals surface area contributed by atoms with E-state index in [2.05, 4.69) is 31.1 Å². The summed E-state index contributed by atoms with van der Waals surface area (Å²) in [6.07, 6.45) is 0.781. The van der Waals surface area contributed by atoms with Gasteiger partial charge < -0.3 is 10.3 Å². The van der Waals surface area contributed by atoms with Crippen LogP contribution in [0.1, 0.15) is 24.1 Å². The van der Waals surface area contributed by atoms with E-state index in [1.54, 1.807) is 0 Å². The van der Waals surface area contributed by atoms with Crippen LogP contribution in [0.3, 0.4) is 0 Å². The second-order valence-electron chi connectivity index (χ2n) is 3.75. The van der Waals surface area contributed by atoms with Crippen molar-refractivity contribution in [2.45, 2.75) is 27.2 Å². The third-order valence-corrected chi connectivity index (χ3v) is 3.40. The molecule has 0 radical (unpaired) electrons. The molecular weight excluding hydrogens is 284 g/mol. The van der Waals surface area contributed by atoms with Gasteiger partial charge in [0.25, 0.3) is 0 Å². The van der Waals surface area contributed by atoms with Crippen molar-refractivity contribution < 1.29 is 4.52 Å². The Morgan fingerprint density at radius 1 is 1.29 bits per heavy atom. The van der Waals surface area contributed by atoms with E-state index < -0.39 is 0 Å². The molecule has 0 bridgehead atoms. The minimum Gasteiger partial charge on any atom is -0.383 e. The summed E-state index contributed by atoms with van der Waals surface area (Å²) in [4.78, 5) is 8.74. The average Bonchev–Trinajstić information content (AvgIpc) is 2.62. The second-order valence-corrected chi connectivity index (χ2v) is 4.54. The first-order chi connectivity index (χ1) is 8.04. The minimum atomic E-state index is 0.437. The van der Waals surface area contributed by atoms with Gasteiger partial charge in [-0.1, -0.05) is 12.1 Å². The van der Waals surface area contributed by atoms with Crippen molar-refractivity contribution in [2.24, 2.45) is 0 Å². The molecule has 0 spiro atoms. The van der Waals surface area contributed by atoms with Gasteiger partial charge >= 0.3 is 0 Å². The highest BCUT2D eigenvalue weighted by Gasteiger charge is 2.17. The third kappa shape index (κ3) is 2.04. The Balaban J connectivity index is 2.65. The quantitative estimate of drug-likeness (QED) is 0.922. The first-order valence-electron chi connectivity index (χ1n) is 5.29. The number of anilines is 1. The number of hydrogen-bond acceptors (Lipinski definition) is 5. The molecule has 0 saturated carbocycles. The summed E-state index contributed by atoms with van der Waals surface area (Å²) in [6, 6.07) is 0. The first kappa shape index (κ1) is 12.0. The molecule has 17 heavy (non-hydrogen) atoms. The summed E-state index contributed by atoms with van der Waals surface area (Å²) in [5, 5.41) is 3.89. The molecular formula is C11H13BrN4O. The van der Waals surface area contributed by atoms with Crippen molar-refractivity contribution in [3.05, 3.63) is 21.6 Å². The van der Waals surface area contributed by atoms with Crippen LogP contribution in [-0.2, 0) is 6.42 Å². The van der Waals surface area contributed by atoms with E-state index in [1.165, 1.54) is 0 Å². The fourth-order valence-corrected chi connectivity index (χ4v) is 2.12. The molecule has 2 aromatic heterocycles. The number of halogens is 1. The lowest BCUT2D eigenvalue weighted by Crippen LogP contribution is -2.02. The monoisotopic (exact) mass is 296 g/mol. The Hall–Kier alpha value is -1.43. The van der Waals surface area contributed by atoms with Crippen molar-refractivity contribution in [1.29, 1.82) is 0 Å². The lowest BCUT2D eigenvalue weighted by atomic mass is 10.2. The maximum Gasteiger partial charge on any atom is 0.167 e. The molecule has 0 aliphatic heterocycles. The largest absolute Gasteiger partial charge is 0.383 e. The molecule has 0 aliphatic carbocycles. The molecule has 90 valence electrons. The number of aromatic nitrogens is 3. The van der Waals surface area contributed by atoms with E-state index in [0.717, 1.165) is 27.8 Å². The lowest BCUT2D eigenvalue weighted by molar-refractivity contribution is 0.393. The summed E-state index contributed by atoms with van der Waals surface area (Å²) < 4.78 is 5.87. The average molecular weight is 297 g/mol. The molecule has 2 rings (SSSR count). The minimum absolute atomic E-state index is 0.437. The van der Waals surface area contributed by atoms with Crippen molar-refractivity contribution in [3.63, 3.8) is 0 Å². The van der Waals surface area contributed by atoms with Gasteiger partial charge in [0.1, 0.15) is 11.6 Å². The highest BCUT2D eigenvalue weighted by atomic mass is 79.9. The Labute approximate surface area is 108 Å². The first-order valence-corrected chi connectivity index (χ1v) is 6.09. The summed E-state index contributed by atoms with van der Waals surface area (Å²) in [7, 11) is 0. The normalized spacial score (nSPS) is 10.8. The number of rotatable bonds is 2. The van der Waals surface area contributed by atoms with E-state index in [1.807, 2.05) is 20.8 Å². The molecule has 2 aromatic rings. The molecule has 0 unspecified atom stereocenters. The standard InChI is InChI=1S/C11H13BrN4O/c1-4-7-9(12)10(13)15-11(14-7)8-5(2)16-17-6(8)3/h4H2,1-3H3,(H2,13,14,15). The summed E-state index contributed by atoms with van der Waals surface area (Å²) in [5.74, 6) is 1.71. The van der Waals surface area contributed by atoms with Crippen LogP contribution >= 0.6 is 15.9 Å². The van der Waals surface area contributed by atoms with Crippen LogP contribution in [0, 0.1) is 13.8 Å². The van der Waals surface area contributed by atoms with E-state index in [9.17, 15) is 0 Å². The lowest BCUT2D eigenvalue weighted by Gasteiger charge is -2.06. The molecule has 0 saturated heterocycles. The van der Waals surface area contributed by atoms with Gasteiger partial charge in [-0.15, -0.1) is 0 Å². The number of hydrogen-bond donors (Lipinski definition) is 1. The van der Waals surface area contributed by atoms with Crippen LogP contribution in [0.4, 0.5) is 5.82 Å². The predicted molar refractivity (Wildman–Crippen MR) is 68.5 cm³/mol. The fraction of sp³-hybridized carbons (Fsp3) is 0.364. The summed E-state index contributed by atoms with van der Waals surface area (Å²) in [5.41, 5.74) is 8.32. The molecule has 0 amide bonds. The van der Waals surface area contributed by atoms with E-state index in [4.69, 9.17) is 10.3 Å². The Morgan fingerprint density at radius 3 is 2.53 bits per heavy atom. The zero-order valence-corrected chi connectivity index (χ0v) is 11.5. The van der Waals surface area contributed by atoms with Gasteiger partial charge in [-0.05, 0) is 36.2 Å². The Morgan fingerprint density at radius 2 is 2.00 bits per heavy atom. The number of nitrogens with two attached hydrogens (primary N) is 1. The highest BCUT2D eigenvalue weighted by Crippen LogP contribution is 2.28. The van der Waals surface area contributed by atoms with Crippen molar-refractivity contribution >= 4 is 21.7 Å². The van der Waals surface area contributed by atoms with Gasteiger partial charge in [-0.2, -0.15) is 0 Å². The van der Waals surface area contributed by atoms with Crippen LogP contribution in [0.25, 0.3) is 11.4 Å². The molecule has 0 aromatic carbocycles. The second kappa shape index (κ2) is 4.44.